The molecule has 2 atom stereocenters. The Kier molecular flexibility index (Phi) is 5.86. The quantitative estimate of drug-likeness (QED) is 0.373. The Morgan fingerprint density at radius 2 is 1.77 bits per heavy atom. The van der Waals surface area contributed by atoms with E-state index in [1.165, 1.54) is 22.8 Å². The lowest BCUT2D eigenvalue weighted by Crippen LogP contribution is -2.47. The molecular formula is C30H30FN3O. The second-order valence-electron chi connectivity index (χ2n) is 9.90. The highest BCUT2D eigenvalue weighted by atomic mass is 19.1. The van der Waals surface area contributed by atoms with Gasteiger partial charge in [0.25, 0.3) is 0 Å². The molecule has 2 fully saturated rings. The summed E-state index contributed by atoms with van der Waals surface area (Å²) in [7, 11) is 0. The number of aromatic nitrogens is 1. The largest absolute Gasteiger partial charge is 0.361 e. The van der Waals surface area contributed by atoms with E-state index in [1.54, 1.807) is 12.1 Å². The van der Waals surface area contributed by atoms with Gasteiger partial charge >= 0.3 is 0 Å². The van der Waals surface area contributed by atoms with Crippen LogP contribution in [0.2, 0.25) is 0 Å². The van der Waals surface area contributed by atoms with Crippen molar-refractivity contribution in [2.45, 2.75) is 37.8 Å². The number of H-pyrrole nitrogens is 1. The molecule has 3 aromatic carbocycles. The summed E-state index contributed by atoms with van der Waals surface area (Å²) in [6.07, 6.45) is 4.94. The van der Waals surface area contributed by atoms with Crippen LogP contribution in [0.5, 0.6) is 0 Å². The first-order valence-electron chi connectivity index (χ1n) is 12.6. The van der Waals surface area contributed by atoms with Gasteiger partial charge in [-0.3, -0.25) is 4.79 Å². The van der Waals surface area contributed by atoms with Crippen LogP contribution in [0, 0.1) is 11.7 Å². The first-order chi connectivity index (χ1) is 17.2. The highest BCUT2D eigenvalue weighted by Crippen LogP contribution is 2.37. The molecule has 4 aromatic rings. The number of amides is 1. The van der Waals surface area contributed by atoms with Crippen LogP contribution >= 0.6 is 0 Å². The molecule has 2 heterocycles. The monoisotopic (exact) mass is 467 g/mol. The Labute approximate surface area is 205 Å². The Hall–Kier alpha value is -3.44. The zero-order valence-electron chi connectivity index (χ0n) is 19.7. The molecular weight excluding hydrogens is 437 g/mol. The molecule has 4 nitrogen and oxygen atoms in total. The summed E-state index contributed by atoms with van der Waals surface area (Å²) < 4.78 is 13.9. The molecule has 2 aliphatic rings. The molecule has 1 saturated carbocycles. The fourth-order valence-electron chi connectivity index (χ4n) is 5.55. The normalized spacial score (nSPS) is 20.1. The van der Waals surface area contributed by atoms with E-state index in [9.17, 15) is 9.18 Å². The number of nitrogens with zero attached hydrogens (tertiary/aromatic N) is 1. The third kappa shape index (κ3) is 4.48. The Bertz CT molecular complexity index is 1340. The van der Waals surface area contributed by atoms with E-state index in [0.717, 1.165) is 42.3 Å². The fourth-order valence-corrected chi connectivity index (χ4v) is 5.55. The summed E-state index contributed by atoms with van der Waals surface area (Å²) >= 11 is 0. The van der Waals surface area contributed by atoms with E-state index in [0.29, 0.717) is 13.1 Å². The molecule has 6 rings (SSSR count). The van der Waals surface area contributed by atoms with Gasteiger partial charge in [0.2, 0.25) is 5.91 Å². The predicted octanol–water partition coefficient (Wildman–Crippen LogP) is 5.86. The number of aromatic amines is 1. The van der Waals surface area contributed by atoms with Gasteiger partial charge in [0.1, 0.15) is 5.82 Å². The van der Waals surface area contributed by atoms with E-state index in [-0.39, 0.29) is 29.6 Å². The smallest absolute Gasteiger partial charge is 0.228 e. The van der Waals surface area contributed by atoms with Gasteiger partial charge in [-0.05, 0) is 72.2 Å². The first kappa shape index (κ1) is 22.1. The number of fused-ring (bicyclic) bond motifs is 1. The summed E-state index contributed by atoms with van der Waals surface area (Å²) in [6, 6.07) is 24.2. The third-order valence-electron chi connectivity index (χ3n) is 7.56. The van der Waals surface area contributed by atoms with Gasteiger partial charge in [-0.15, -0.1) is 0 Å². The summed E-state index contributed by atoms with van der Waals surface area (Å²) in [5.41, 5.74) is 5.49. The molecule has 178 valence electrons. The lowest BCUT2D eigenvalue weighted by Gasteiger charge is -2.36. The number of hydrogen-bond donors (Lipinski definition) is 2. The SMILES string of the molecule is O=C([C@H]1CNCC[C@@H]1c1cccc(-c2ccccc2)c1)N(Cc1c[nH]c2ccc(F)cc12)C1CC1. The predicted molar refractivity (Wildman–Crippen MR) is 137 cm³/mol. The average Bonchev–Trinajstić information content (AvgIpc) is 3.68. The van der Waals surface area contributed by atoms with Crippen LogP contribution in [0.3, 0.4) is 0 Å². The molecule has 0 unspecified atom stereocenters. The zero-order valence-corrected chi connectivity index (χ0v) is 19.7. The maximum absolute atomic E-state index is 14.0. The van der Waals surface area contributed by atoms with Crippen LogP contribution in [-0.4, -0.2) is 34.9 Å². The molecule has 5 heteroatoms. The van der Waals surface area contributed by atoms with E-state index in [4.69, 9.17) is 0 Å². The topological polar surface area (TPSA) is 48.1 Å². The average molecular weight is 468 g/mol. The van der Waals surface area contributed by atoms with Gasteiger partial charge in [-0.1, -0.05) is 54.6 Å². The van der Waals surface area contributed by atoms with Crippen LogP contribution in [0.1, 0.15) is 36.3 Å². The van der Waals surface area contributed by atoms with E-state index < -0.39 is 0 Å². The van der Waals surface area contributed by atoms with Crippen LogP contribution < -0.4 is 5.32 Å². The third-order valence-corrected chi connectivity index (χ3v) is 7.56. The van der Waals surface area contributed by atoms with Crippen LogP contribution in [-0.2, 0) is 11.3 Å². The molecule has 0 bridgehead atoms. The van der Waals surface area contributed by atoms with Crippen molar-refractivity contribution in [3.05, 3.63) is 95.9 Å². The Morgan fingerprint density at radius 3 is 2.60 bits per heavy atom. The van der Waals surface area contributed by atoms with Crippen molar-refractivity contribution in [1.29, 1.82) is 0 Å². The number of rotatable bonds is 6. The summed E-state index contributed by atoms with van der Waals surface area (Å²) in [5.74, 6) is 0.0180. The summed E-state index contributed by atoms with van der Waals surface area (Å²) in [4.78, 5) is 19.3. The molecule has 0 radical (unpaired) electrons. The van der Waals surface area contributed by atoms with Gasteiger partial charge in [-0.25, -0.2) is 4.39 Å². The van der Waals surface area contributed by atoms with Crippen LogP contribution in [0.15, 0.2) is 79.0 Å². The van der Waals surface area contributed by atoms with Crippen molar-refractivity contribution in [1.82, 2.24) is 15.2 Å². The minimum Gasteiger partial charge on any atom is -0.361 e. The van der Waals surface area contributed by atoms with Gasteiger partial charge in [0.05, 0.1) is 5.92 Å². The molecule has 0 spiro atoms. The Morgan fingerprint density at radius 1 is 0.943 bits per heavy atom. The minimum absolute atomic E-state index is 0.114. The molecule has 35 heavy (non-hydrogen) atoms. The lowest BCUT2D eigenvalue weighted by molar-refractivity contribution is -0.138. The molecule has 1 amide bonds. The standard InChI is InChI=1S/C30H30FN3O/c31-24-9-12-29-27(16-24)23(17-33-29)19-34(25-10-11-25)30(35)28-18-32-14-13-26(28)22-8-4-7-21(15-22)20-5-2-1-3-6-20/h1-9,12,15-17,25-26,28,32-33H,10-11,13-14,18-19H2/t26-,28+/m1/s1. The minimum atomic E-state index is -0.252. The molecule has 1 saturated heterocycles. The highest BCUT2D eigenvalue weighted by molar-refractivity contribution is 5.85. The maximum atomic E-state index is 14.0. The van der Waals surface area contributed by atoms with E-state index in [1.807, 2.05) is 12.3 Å². The molecule has 1 aliphatic heterocycles. The number of piperidine rings is 1. The number of nitrogens with one attached hydrogen (secondary N) is 2. The maximum Gasteiger partial charge on any atom is 0.228 e. The number of benzene rings is 3. The fraction of sp³-hybridized carbons (Fsp3) is 0.300. The summed E-state index contributed by atoms with van der Waals surface area (Å²) in [6.45, 7) is 2.11. The summed E-state index contributed by atoms with van der Waals surface area (Å²) in [5, 5.41) is 4.33. The number of carbonyl (C=O) groups is 1. The van der Waals surface area contributed by atoms with Gasteiger partial charge in [0.15, 0.2) is 0 Å². The first-order valence-corrected chi connectivity index (χ1v) is 12.6. The van der Waals surface area contributed by atoms with Gasteiger partial charge in [-0.2, -0.15) is 0 Å². The highest BCUT2D eigenvalue weighted by Gasteiger charge is 2.40. The molecule has 1 aromatic heterocycles. The lowest BCUT2D eigenvalue weighted by atomic mass is 9.79. The van der Waals surface area contributed by atoms with Crippen molar-refractivity contribution in [3.63, 3.8) is 0 Å². The van der Waals surface area contributed by atoms with Crippen molar-refractivity contribution >= 4 is 16.8 Å². The van der Waals surface area contributed by atoms with E-state index in [2.05, 4.69) is 63.7 Å². The molecule has 2 N–H and O–H groups in total. The van der Waals surface area contributed by atoms with Crippen molar-refractivity contribution < 1.29 is 9.18 Å². The number of carbonyl (C=O) groups excluding carboxylic acids is 1. The van der Waals surface area contributed by atoms with Crippen molar-refractivity contribution in [3.8, 4) is 11.1 Å². The van der Waals surface area contributed by atoms with E-state index >= 15 is 0 Å². The van der Waals surface area contributed by atoms with Crippen LogP contribution in [0.25, 0.3) is 22.0 Å². The zero-order chi connectivity index (χ0) is 23.8. The number of halogens is 1. The van der Waals surface area contributed by atoms with Crippen molar-refractivity contribution in [2.75, 3.05) is 13.1 Å². The second kappa shape index (κ2) is 9.31. The molecule has 1 aliphatic carbocycles. The van der Waals surface area contributed by atoms with Gasteiger partial charge < -0.3 is 15.2 Å². The Balaban J connectivity index is 1.29. The van der Waals surface area contributed by atoms with Gasteiger partial charge in [0, 0.05) is 36.2 Å². The van der Waals surface area contributed by atoms with Crippen LogP contribution in [0.4, 0.5) is 4.39 Å². The second-order valence-corrected chi connectivity index (χ2v) is 9.90. The number of hydrogen-bond acceptors (Lipinski definition) is 2. The van der Waals surface area contributed by atoms with Crippen molar-refractivity contribution in [2.24, 2.45) is 5.92 Å².